The quantitative estimate of drug-likeness (QED) is 0.395. The minimum Gasteiger partial charge on any atom is -0.453 e. The largest absolute Gasteiger partial charge is 0.453 e. The van der Waals surface area contributed by atoms with Crippen LogP contribution in [-0.2, 0) is 14.3 Å². The molecule has 2 aromatic carbocycles. The fourth-order valence-electron chi connectivity index (χ4n) is 4.14. The highest BCUT2D eigenvalue weighted by Crippen LogP contribution is 2.57. The molecule has 1 saturated carbocycles. The predicted molar refractivity (Wildman–Crippen MR) is 105 cm³/mol. The van der Waals surface area contributed by atoms with E-state index in [1.807, 2.05) is 0 Å². The number of aliphatic hydroxyl groups excluding tert-OH is 1. The van der Waals surface area contributed by atoms with Crippen LogP contribution in [0.4, 0.5) is 0 Å². The van der Waals surface area contributed by atoms with E-state index in [9.17, 15) is 25.2 Å². The van der Waals surface area contributed by atoms with Gasteiger partial charge in [-0.3, -0.25) is 4.79 Å². The van der Waals surface area contributed by atoms with Gasteiger partial charge in [0.1, 0.15) is 17.6 Å². The lowest BCUT2D eigenvalue weighted by Gasteiger charge is -2.66. The van der Waals surface area contributed by atoms with Crippen molar-refractivity contribution in [1.82, 2.24) is 0 Å². The molecule has 0 bridgehead atoms. The maximum atomic E-state index is 11.8. The van der Waals surface area contributed by atoms with Crippen LogP contribution in [0.15, 0.2) is 60.7 Å². The Kier molecular flexibility index (Phi) is 5.19. The SMILES string of the molecule is CC(=O)OC1O[C@@H]2C(O)C(C)[C@]2(O)[C@@](O)(Oc2ccccc2)[C@]1(O)Oc1ccccc1. The van der Waals surface area contributed by atoms with E-state index < -0.39 is 47.6 Å². The van der Waals surface area contributed by atoms with Gasteiger partial charge < -0.3 is 39.4 Å². The van der Waals surface area contributed by atoms with Crippen molar-refractivity contribution in [2.24, 2.45) is 5.92 Å². The molecule has 1 aliphatic carbocycles. The predicted octanol–water partition coefficient (Wildman–Crippen LogP) is 0.551. The number of ether oxygens (including phenoxy) is 4. The molecule has 3 unspecified atom stereocenters. The van der Waals surface area contributed by atoms with E-state index in [0.29, 0.717) is 0 Å². The smallest absolute Gasteiger partial charge is 0.341 e. The maximum Gasteiger partial charge on any atom is 0.341 e. The van der Waals surface area contributed by atoms with Gasteiger partial charge in [0.2, 0.25) is 0 Å². The second-order valence-corrected chi connectivity index (χ2v) is 7.77. The summed E-state index contributed by atoms with van der Waals surface area (Å²) >= 11 is 0. The molecule has 2 aliphatic rings. The van der Waals surface area contributed by atoms with E-state index in [1.54, 1.807) is 36.4 Å². The standard InChI is InChI=1S/C22H24O9/c1-13-17(24)18-20(13,25)22(27,31-16-11-7-4-8-12-16)21(26,19(29-18)28-14(2)23)30-15-9-5-3-6-10-15/h3-13,17-19,24-27H,1-2H3/t13?,17?,18-,19?,20-,21-,22-/m1/s1. The molecule has 4 rings (SSSR count). The molecule has 1 heterocycles. The Morgan fingerprint density at radius 1 is 0.935 bits per heavy atom. The number of fused-ring (bicyclic) bond motifs is 1. The number of hydrogen-bond donors (Lipinski definition) is 4. The molecule has 9 nitrogen and oxygen atoms in total. The molecule has 2 aromatic rings. The van der Waals surface area contributed by atoms with Gasteiger partial charge in [-0.15, -0.1) is 0 Å². The van der Waals surface area contributed by atoms with Crippen molar-refractivity contribution in [2.45, 2.75) is 49.5 Å². The molecule has 2 fully saturated rings. The molecule has 31 heavy (non-hydrogen) atoms. The molecule has 0 amide bonds. The Morgan fingerprint density at radius 2 is 1.45 bits per heavy atom. The van der Waals surface area contributed by atoms with E-state index in [0.717, 1.165) is 6.92 Å². The Hall–Kier alpha value is -2.69. The number of esters is 1. The summed E-state index contributed by atoms with van der Waals surface area (Å²) in [5.74, 6) is -7.52. The zero-order valence-electron chi connectivity index (χ0n) is 16.9. The average molecular weight is 432 g/mol. The van der Waals surface area contributed by atoms with Gasteiger partial charge in [-0.2, -0.15) is 0 Å². The van der Waals surface area contributed by atoms with Crippen molar-refractivity contribution in [3.05, 3.63) is 60.7 Å². The number of para-hydroxylation sites is 2. The van der Waals surface area contributed by atoms with Gasteiger partial charge in [-0.05, 0) is 24.3 Å². The van der Waals surface area contributed by atoms with Gasteiger partial charge in [0.05, 0.1) is 6.10 Å². The van der Waals surface area contributed by atoms with Gasteiger partial charge in [0.15, 0.2) is 5.60 Å². The summed E-state index contributed by atoms with van der Waals surface area (Å²) in [6.07, 6.45) is -4.60. The molecule has 0 radical (unpaired) electrons. The lowest BCUT2D eigenvalue weighted by molar-refractivity contribution is -0.521. The Bertz CT molecular complexity index is 939. The van der Waals surface area contributed by atoms with Crippen molar-refractivity contribution in [3.63, 3.8) is 0 Å². The summed E-state index contributed by atoms with van der Waals surface area (Å²) < 4.78 is 22.1. The summed E-state index contributed by atoms with van der Waals surface area (Å²) in [5.41, 5.74) is -2.32. The molecule has 0 spiro atoms. The Balaban J connectivity index is 1.87. The van der Waals surface area contributed by atoms with Crippen LogP contribution in [0.3, 0.4) is 0 Å². The minimum atomic E-state index is -2.92. The van der Waals surface area contributed by atoms with E-state index in [1.165, 1.54) is 31.2 Å². The number of carbonyl (C=O) groups excluding carboxylic acids is 1. The number of hydrogen-bond acceptors (Lipinski definition) is 9. The number of aliphatic hydroxyl groups is 4. The molecular formula is C22H24O9. The Morgan fingerprint density at radius 3 is 1.97 bits per heavy atom. The van der Waals surface area contributed by atoms with Crippen LogP contribution in [0.2, 0.25) is 0 Å². The van der Waals surface area contributed by atoms with Crippen molar-refractivity contribution < 1.29 is 44.2 Å². The van der Waals surface area contributed by atoms with Gasteiger partial charge in [-0.25, -0.2) is 0 Å². The van der Waals surface area contributed by atoms with E-state index >= 15 is 0 Å². The normalized spacial score (nSPS) is 39.0. The fourth-order valence-corrected chi connectivity index (χ4v) is 4.14. The molecule has 9 heteroatoms. The van der Waals surface area contributed by atoms with Crippen molar-refractivity contribution in [1.29, 1.82) is 0 Å². The Labute approximate surface area is 178 Å². The zero-order chi connectivity index (χ0) is 22.4. The first-order valence-corrected chi connectivity index (χ1v) is 9.79. The molecule has 0 aromatic heterocycles. The van der Waals surface area contributed by atoms with E-state index in [4.69, 9.17) is 18.9 Å². The van der Waals surface area contributed by atoms with Crippen molar-refractivity contribution in [2.75, 3.05) is 0 Å². The maximum absolute atomic E-state index is 11.8. The van der Waals surface area contributed by atoms with Gasteiger partial charge in [-0.1, -0.05) is 43.3 Å². The number of carbonyl (C=O) groups is 1. The van der Waals surface area contributed by atoms with Gasteiger partial charge in [0, 0.05) is 12.8 Å². The van der Waals surface area contributed by atoms with Crippen LogP contribution in [0.5, 0.6) is 11.5 Å². The highest BCUT2D eigenvalue weighted by molar-refractivity contribution is 5.66. The average Bonchev–Trinajstić information content (AvgIpc) is 2.75. The summed E-state index contributed by atoms with van der Waals surface area (Å²) in [5, 5.41) is 45.3. The molecule has 166 valence electrons. The summed E-state index contributed by atoms with van der Waals surface area (Å²) in [7, 11) is 0. The molecule has 1 aliphatic heterocycles. The third kappa shape index (κ3) is 3.08. The topological polar surface area (TPSA) is 135 Å². The highest BCUT2D eigenvalue weighted by Gasteiger charge is 2.85. The van der Waals surface area contributed by atoms with Crippen LogP contribution < -0.4 is 9.47 Å². The first-order chi connectivity index (χ1) is 14.6. The first kappa shape index (κ1) is 21.5. The van der Waals surface area contributed by atoms with E-state index in [-0.39, 0.29) is 11.5 Å². The van der Waals surface area contributed by atoms with Crippen molar-refractivity contribution in [3.8, 4) is 11.5 Å². The second-order valence-electron chi connectivity index (χ2n) is 7.77. The number of benzene rings is 2. The molecule has 1 saturated heterocycles. The van der Waals surface area contributed by atoms with Crippen LogP contribution >= 0.6 is 0 Å². The highest BCUT2D eigenvalue weighted by atomic mass is 16.8. The van der Waals surface area contributed by atoms with Crippen LogP contribution in [0.25, 0.3) is 0 Å². The lowest BCUT2D eigenvalue weighted by Crippen LogP contribution is -2.92. The lowest BCUT2D eigenvalue weighted by atomic mass is 9.57. The zero-order valence-corrected chi connectivity index (χ0v) is 16.9. The molecular weight excluding hydrogens is 408 g/mol. The summed E-state index contributed by atoms with van der Waals surface area (Å²) in [6, 6.07) is 15.9. The number of rotatable bonds is 5. The molecule has 7 atom stereocenters. The van der Waals surface area contributed by atoms with Crippen LogP contribution in [0.1, 0.15) is 13.8 Å². The molecule has 4 N–H and O–H groups in total. The van der Waals surface area contributed by atoms with E-state index in [2.05, 4.69) is 0 Å². The first-order valence-electron chi connectivity index (χ1n) is 9.79. The fraction of sp³-hybridized carbons (Fsp3) is 0.409. The second kappa shape index (κ2) is 7.47. The van der Waals surface area contributed by atoms with Gasteiger partial charge >= 0.3 is 17.5 Å². The third-order valence-corrected chi connectivity index (χ3v) is 5.87. The van der Waals surface area contributed by atoms with Crippen LogP contribution in [0, 0.1) is 5.92 Å². The van der Waals surface area contributed by atoms with Gasteiger partial charge in [0.25, 0.3) is 6.29 Å². The minimum absolute atomic E-state index is 0.0791. The summed E-state index contributed by atoms with van der Waals surface area (Å²) in [6.45, 7) is 2.53. The van der Waals surface area contributed by atoms with Crippen molar-refractivity contribution >= 4 is 5.97 Å². The summed E-state index contributed by atoms with van der Waals surface area (Å²) in [4.78, 5) is 11.7. The third-order valence-electron chi connectivity index (χ3n) is 5.87. The van der Waals surface area contributed by atoms with Crippen LogP contribution in [-0.4, -0.2) is 62.1 Å². The monoisotopic (exact) mass is 432 g/mol.